The largest absolute Gasteiger partial charge is 0.508 e. The van der Waals surface area contributed by atoms with Crippen LogP contribution in [0.2, 0.25) is 0 Å². The van der Waals surface area contributed by atoms with Gasteiger partial charge in [0.05, 0.1) is 18.8 Å². The van der Waals surface area contributed by atoms with Gasteiger partial charge in [0.15, 0.2) is 29.8 Å². The number of benzene rings is 2. The van der Waals surface area contributed by atoms with Gasteiger partial charge < -0.3 is 94.1 Å². The maximum atomic E-state index is 13.7. The second-order valence-electron chi connectivity index (χ2n) is 13.1. The molecule has 1 aromatic heterocycles. The number of hydrogen-bond acceptors (Lipinski definition) is 20. The van der Waals surface area contributed by atoms with Crippen LogP contribution >= 0.6 is 0 Å². The van der Waals surface area contributed by atoms with Crippen LogP contribution in [0.1, 0.15) is 13.8 Å². The highest BCUT2D eigenvalue weighted by Crippen LogP contribution is 2.40. The molecule has 15 atom stereocenters. The lowest BCUT2D eigenvalue weighted by atomic mass is 9.97. The first kappa shape index (κ1) is 38.8. The third kappa shape index (κ3) is 7.34. The second-order valence-corrected chi connectivity index (χ2v) is 13.1. The standard InChI is InChI=1S/C33H40O20/c1-9-19(38)22(41)25(44)32(48-9)52-28-10(2)49-31(27(46)24(28)43)47-8-17-20(39)23(42)26(45)33(51-17)53-30-21(40)18-15(37)6-12(34)7-16(18)50-29(30)11-3-4-13(35)14(36)5-11/h3-7,9-10,17,19-20,22-28,31-39,41-46H,8H2,1-2H3. The van der Waals surface area contributed by atoms with Gasteiger partial charge in [-0.3, -0.25) is 4.79 Å². The average molecular weight is 757 g/mol. The zero-order valence-corrected chi connectivity index (χ0v) is 27.9. The predicted octanol–water partition coefficient (Wildman–Crippen LogP) is -2.84. The first-order valence-corrected chi connectivity index (χ1v) is 16.4. The molecule has 20 heteroatoms. The third-order valence-corrected chi connectivity index (χ3v) is 9.36. The molecule has 3 aliphatic rings. The fraction of sp³-hybridized carbons (Fsp3) is 0.545. The van der Waals surface area contributed by atoms with Crippen LogP contribution in [0.25, 0.3) is 22.3 Å². The van der Waals surface area contributed by atoms with E-state index in [2.05, 4.69) is 0 Å². The van der Waals surface area contributed by atoms with Gasteiger partial charge in [-0.25, -0.2) is 0 Å². The highest BCUT2D eigenvalue weighted by Gasteiger charge is 2.51. The van der Waals surface area contributed by atoms with Crippen molar-refractivity contribution >= 4 is 11.0 Å². The number of aliphatic hydroxyl groups excluding tert-OH is 8. The van der Waals surface area contributed by atoms with E-state index in [9.17, 15) is 66.1 Å². The summed E-state index contributed by atoms with van der Waals surface area (Å²) in [7, 11) is 0. The first-order valence-electron chi connectivity index (χ1n) is 16.4. The Hall–Kier alpha value is -3.87. The molecule has 20 nitrogen and oxygen atoms in total. The van der Waals surface area contributed by atoms with E-state index in [0.717, 1.165) is 24.3 Å². The Balaban J connectivity index is 1.20. The molecule has 3 fully saturated rings. The van der Waals surface area contributed by atoms with Crippen molar-refractivity contribution in [2.75, 3.05) is 6.61 Å². The maximum Gasteiger partial charge on any atom is 0.239 e. The Morgan fingerprint density at radius 3 is 1.98 bits per heavy atom. The Morgan fingerprint density at radius 1 is 0.642 bits per heavy atom. The minimum absolute atomic E-state index is 0.0610. The number of aliphatic hydroxyl groups is 8. The number of phenolic OH excluding ortho intramolecular Hbond substituents is 4. The molecular weight excluding hydrogens is 716 g/mol. The Labute approximate surface area is 298 Å². The van der Waals surface area contributed by atoms with Gasteiger partial charge in [0.2, 0.25) is 17.5 Å². The SMILES string of the molecule is CC1OC(OC2C(C)OC(OCC3OC(Oc4c(-c5ccc(O)c(O)c5)oc5cc(O)cc(O)c5c4=O)C(O)C(O)C3O)C(O)C2O)C(O)C(O)C1O. The van der Waals surface area contributed by atoms with Crippen molar-refractivity contribution in [1.29, 1.82) is 0 Å². The summed E-state index contributed by atoms with van der Waals surface area (Å²) in [5, 5.41) is 124. The summed E-state index contributed by atoms with van der Waals surface area (Å²) in [6, 6.07) is 5.16. The molecule has 0 radical (unpaired) electrons. The van der Waals surface area contributed by atoms with Gasteiger partial charge in [-0.2, -0.15) is 0 Å². The molecule has 0 aliphatic carbocycles. The van der Waals surface area contributed by atoms with E-state index in [1.807, 2.05) is 0 Å². The zero-order valence-electron chi connectivity index (χ0n) is 27.9. The van der Waals surface area contributed by atoms with Crippen molar-refractivity contribution in [3.63, 3.8) is 0 Å². The highest BCUT2D eigenvalue weighted by molar-refractivity contribution is 5.88. The molecule has 0 bridgehead atoms. The third-order valence-electron chi connectivity index (χ3n) is 9.36. The number of fused-ring (bicyclic) bond motifs is 1. The van der Waals surface area contributed by atoms with E-state index in [4.69, 9.17) is 32.8 Å². The van der Waals surface area contributed by atoms with E-state index in [1.165, 1.54) is 19.9 Å². The number of phenols is 4. The fourth-order valence-electron chi connectivity index (χ4n) is 6.30. The lowest BCUT2D eigenvalue weighted by Crippen LogP contribution is -2.63. The van der Waals surface area contributed by atoms with Crippen molar-refractivity contribution in [2.45, 2.75) is 106 Å². The lowest BCUT2D eigenvalue weighted by Gasteiger charge is -2.46. The van der Waals surface area contributed by atoms with E-state index in [-0.39, 0.29) is 11.1 Å². The van der Waals surface area contributed by atoms with Gasteiger partial charge in [0.25, 0.3) is 0 Å². The Bertz CT molecular complexity index is 1830. The predicted molar refractivity (Wildman–Crippen MR) is 171 cm³/mol. The summed E-state index contributed by atoms with van der Waals surface area (Å²) in [5.41, 5.74) is -1.44. The van der Waals surface area contributed by atoms with Crippen molar-refractivity contribution < 1.29 is 94.1 Å². The van der Waals surface area contributed by atoms with E-state index < -0.39 is 144 Å². The number of hydrogen-bond donors (Lipinski definition) is 12. The van der Waals surface area contributed by atoms with Gasteiger partial charge in [0.1, 0.15) is 83.5 Å². The highest BCUT2D eigenvalue weighted by atomic mass is 16.7. The molecular formula is C33H40O20. The van der Waals surface area contributed by atoms with Crippen LogP contribution in [0, 0.1) is 0 Å². The van der Waals surface area contributed by atoms with Gasteiger partial charge in [-0.1, -0.05) is 0 Å². The Kier molecular flexibility index (Phi) is 11.1. The fourth-order valence-corrected chi connectivity index (χ4v) is 6.30. The van der Waals surface area contributed by atoms with Crippen LogP contribution in [0.5, 0.6) is 28.7 Å². The molecule has 292 valence electrons. The summed E-state index contributed by atoms with van der Waals surface area (Å²) in [5.74, 6) is -3.50. The molecule has 3 aromatic rings. The minimum atomic E-state index is -2.03. The molecule has 15 unspecified atom stereocenters. The summed E-state index contributed by atoms with van der Waals surface area (Å²) in [6.07, 6.45) is -24.2. The summed E-state index contributed by atoms with van der Waals surface area (Å²) < 4.78 is 39.5. The maximum absolute atomic E-state index is 13.7. The van der Waals surface area contributed by atoms with Crippen LogP contribution in [-0.2, 0) is 23.7 Å². The second kappa shape index (κ2) is 15.1. The smallest absolute Gasteiger partial charge is 0.239 e. The van der Waals surface area contributed by atoms with Gasteiger partial charge >= 0.3 is 0 Å². The number of ether oxygens (including phenoxy) is 6. The molecule has 53 heavy (non-hydrogen) atoms. The topological polar surface area (TPSA) is 328 Å². The van der Waals surface area contributed by atoms with Crippen molar-refractivity contribution in [3.8, 4) is 40.1 Å². The molecule has 6 rings (SSSR count). The number of rotatable bonds is 8. The molecule has 0 saturated carbocycles. The van der Waals surface area contributed by atoms with Crippen molar-refractivity contribution in [3.05, 3.63) is 40.6 Å². The monoisotopic (exact) mass is 756 g/mol. The molecule has 0 amide bonds. The zero-order chi connectivity index (χ0) is 38.6. The van der Waals surface area contributed by atoms with Gasteiger partial charge in [0, 0.05) is 17.7 Å². The van der Waals surface area contributed by atoms with Crippen LogP contribution < -0.4 is 10.2 Å². The van der Waals surface area contributed by atoms with Crippen LogP contribution in [0.4, 0.5) is 0 Å². The van der Waals surface area contributed by atoms with Crippen molar-refractivity contribution in [1.82, 2.24) is 0 Å². The summed E-state index contributed by atoms with van der Waals surface area (Å²) >= 11 is 0. The van der Waals surface area contributed by atoms with Crippen molar-refractivity contribution in [2.24, 2.45) is 0 Å². The van der Waals surface area contributed by atoms with E-state index in [0.29, 0.717) is 0 Å². The summed E-state index contributed by atoms with van der Waals surface area (Å²) in [6.45, 7) is 2.16. The molecule has 2 aromatic carbocycles. The van der Waals surface area contributed by atoms with Crippen LogP contribution in [0.3, 0.4) is 0 Å². The summed E-state index contributed by atoms with van der Waals surface area (Å²) in [4.78, 5) is 13.7. The molecule has 3 saturated heterocycles. The number of aromatic hydroxyl groups is 4. The van der Waals surface area contributed by atoms with Gasteiger partial charge in [-0.05, 0) is 32.0 Å². The minimum Gasteiger partial charge on any atom is -0.508 e. The van der Waals surface area contributed by atoms with Crippen LogP contribution in [-0.4, -0.2) is 160 Å². The molecule has 4 heterocycles. The quantitative estimate of drug-likeness (QED) is 0.103. The van der Waals surface area contributed by atoms with Crippen LogP contribution in [0.15, 0.2) is 39.5 Å². The Morgan fingerprint density at radius 2 is 1.28 bits per heavy atom. The van der Waals surface area contributed by atoms with E-state index in [1.54, 1.807) is 0 Å². The molecule has 0 spiro atoms. The van der Waals surface area contributed by atoms with E-state index >= 15 is 0 Å². The lowest BCUT2D eigenvalue weighted by molar-refractivity contribution is -0.357. The van der Waals surface area contributed by atoms with Gasteiger partial charge in [-0.15, -0.1) is 0 Å². The molecule has 12 N–H and O–H groups in total. The molecule has 3 aliphatic heterocycles. The first-order chi connectivity index (χ1) is 25.0. The average Bonchev–Trinajstić information content (AvgIpc) is 3.11. The normalized spacial score (nSPS) is 37.8.